The fourth-order valence-corrected chi connectivity index (χ4v) is 14.3. The van der Waals surface area contributed by atoms with Crippen molar-refractivity contribution in [2.75, 3.05) is 0 Å². The zero-order valence-corrected chi connectivity index (χ0v) is 54.5. The van der Waals surface area contributed by atoms with E-state index in [1.165, 1.54) is 202 Å². The van der Waals surface area contributed by atoms with Crippen LogP contribution in [0, 0.1) is 0 Å². The first-order valence-electron chi connectivity index (χ1n) is 31.7. The molecule has 0 N–H and O–H groups in total. The van der Waals surface area contributed by atoms with Crippen molar-refractivity contribution in [3.05, 3.63) is 278 Å². The molecule has 0 aliphatic rings. The Kier molecular flexibility index (Phi) is 17.3. The molecular formula is C86H72SiZr. The predicted molar refractivity (Wildman–Crippen MR) is 385 cm³/mol. The molecule has 0 aliphatic heterocycles. The quantitative estimate of drug-likeness (QED) is 0.0495. The van der Waals surface area contributed by atoms with Gasteiger partial charge in [-0.1, -0.05) is 306 Å². The molecule has 0 atom stereocenters. The summed E-state index contributed by atoms with van der Waals surface area (Å²) >= 11 is 0. The first-order valence-corrected chi connectivity index (χ1v) is 33.7. The molecule has 0 bridgehead atoms. The maximum atomic E-state index is 2.49. The van der Waals surface area contributed by atoms with Gasteiger partial charge < -0.3 is 0 Å². The van der Waals surface area contributed by atoms with Crippen molar-refractivity contribution in [2.45, 2.75) is 78.3 Å². The Morgan fingerprint density at radius 3 is 0.716 bits per heavy atom. The first kappa shape index (κ1) is 58.5. The molecule has 0 aliphatic carbocycles. The van der Waals surface area contributed by atoms with E-state index in [0.717, 1.165) is 22.4 Å². The minimum atomic E-state index is 0. The summed E-state index contributed by atoms with van der Waals surface area (Å²) in [7, 11) is 1.08. The third-order valence-corrected chi connectivity index (χ3v) is 18.2. The van der Waals surface area contributed by atoms with E-state index in [-0.39, 0.29) is 26.2 Å². The molecule has 88 heavy (non-hydrogen) atoms. The van der Waals surface area contributed by atoms with E-state index in [4.69, 9.17) is 0 Å². The number of aryl methyl sites for hydroxylation is 2. The summed E-state index contributed by atoms with van der Waals surface area (Å²) in [6, 6.07) is 99.9. The van der Waals surface area contributed by atoms with Gasteiger partial charge in [0.25, 0.3) is 0 Å². The van der Waals surface area contributed by atoms with Gasteiger partial charge in [0.2, 0.25) is 0 Å². The van der Waals surface area contributed by atoms with Gasteiger partial charge in [-0.05, 0) is 146 Å². The van der Waals surface area contributed by atoms with Crippen LogP contribution in [0.3, 0.4) is 0 Å². The van der Waals surface area contributed by atoms with Crippen LogP contribution in [0.4, 0.5) is 0 Å². The molecule has 0 aromatic heterocycles. The SMILES string of the molecule is CCCCCc1cc2c(-c3c4ccccc4cc4ccccc34)ccc(-c3c4ccccc4cc4ccccc34)c2[cH-]1.CCCCCc1cc2c(-c3c4ccccc4cc4ccccc34)ccc(-c3c4ccccc4cc4ccccc34)c2[cH-]1.C[Si]C.[Zr+2]. The van der Waals surface area contributed by atoms with Gasteiger partial charge in [-0.25, -0.2) is 0 Å². The summed E-state index contributed by atoms with van der Waals surface area (Å²) < 4.78 is 0. The van der Waals surface area contributed by atoms with Gasteiger partial charge in [-0.15, -0.1) is 44.8 Å². The number of fused-ring (bicyclic) bond motifs is 10. The number of hydrogen-bond acceptors (Lipinski definition) is 0. The summed E-state index contributed by atoms with van der Waals surface area (Å²) in [5, 5.41) is 26.3. The fraction of sp³-hybridized carbons (Fsp3) is 0.140. The second-order valence-electron chi connectivity index (χ2n) is 23.9. The Balaban J connectivity index is 0.000000154. The molecule has 0 saturated carbocycles. The van der Waals surface area contributed by atoms with Crippen LogP contribution in [-0.2, 0) is 39.0 Å². The van der Waals surface area contributed by atoms with E-state index in [0.29, 0.717) is 0 Å². The molecule has 2 heteroatoms. The number of unbranched alkanes of at least 4 members (excludes halogenated alkanes) is 4. The van der Waals surface area contributed by atoms with Crippen molar-refractivity contribution in [2.24, 2.45) is 0 Å². The summed E-state index contributed by atoms with van der Waals surface area (Å²) in [5.74, 6) is 0. The Hall–Kier alpha value is -8.52. The van der Waals surface area contributed by atoms with Gasteiger partial charge in [0.15, 0.2) is 0 Å². The van der Waals surface area contributed by atoms with Crippen molar-refractivity contribution in [3.63, 3.8) is 0 Å². The third-order valence-electron chi connectivity index (χ3n) is 18.2. The minimum absolute atomic E-state index is 0. The predicted octanol–water partition coefficient (Wildman–Crippen LogP) is 25.3. The molecule has 0 heterocycles. The second-order valence-corrected chi connectivity index (χ2v) is 24.9. The molecule has 0 saturated heterocycles. The summed E-state index contributed by atoms with van der Waals surface area (Å²) in [6.07, 6.45) is 9.70. The van der Waals surface area contributed by atoms with Crippen LogP contribution in [0.1, 0.15) is 63.5 Å². The largest absolute Gasteiger partial charge is 2.00 e. The molecule has 16 rings (SSSR count). The first-order chi connectivity index (χ1) is 43.0. The molecule has 16 aromatic rings. The van der Waals surface area contributed by atoms with E-state index < -0.39 is 0 Å². The van der Waals surface area contributed by atoms with Gasteiger partial charge in [-0.3, -0.25) is 0 Å². The molecule has 0 unspecified atom stereocenters. The van der Waals surface area contributed by atoms with Crippen LogP contribution in [-0.4, -0.2) is 9.52 Å². The molecule has 0 nitrogen and oxygen atoms in total. The van der Waals surface area contributed by atoms with E-state index >= 15 is 0 Å². The molecule has 0 amide bonds. The standard InChI is InChI=1S/2C42H33.C2H6Si.Zr/c2*1-2-3-4-13-28-24-39-37(41-33-18-9-5-14-29(33)26-30-15-6-10-19-34(30)41)22-23-38(40(39)25-28)42-35-20-11-7-16-31(35)27-32-17-8-12-21-36(32)42;1-3-2;/h2*5-12,14-27H,2-4,13H2,1H3;1-2H3;/q2*-1;;+2. The Labute approximate surface area is 540 Å². The maximum Gasteiger partial charge on any atom is 2.00 e. The van der Waals surface area contributed by atoms with Crippen LogP contribution in [0.2, 0.25) is 13.1 Å². The van der Waals surface area contributed by atoms with Crippen molar-refractivity contribution in [1.82, 2.24) is 0 Å². The van der Waals surface area contributed by atoms with Gasteiger partial charge in [-0.2, -0.15) is 12.1 Å². The average molecular weight is 1220 g/mol. The number of hydrogen-bond donors (Lipinski definition) is 0. The Morgan fingerprint density at radius 1 is 0.261 bits per heavy atom. The Bertz CT molecular complexity index is 4350. The molecule has 0 spiro atoms. The van der Waals surface area contributed by atoms with E-state index in [2.05, 4.69) is 294 Å². The Morgan fingerprint density at radius 2 is 0.477 bits per heavy atom. The van der Waals surface area contributed by atoms with Crippen molar-refractivity contribution in [3.8, 4) is 44.5 Å². The van der Waals surface area contributed by atoms with E-state index in [1.54, 1.807) is 0 Å². The average Bonchev–Trinajstić information content (AvgIpc) is 1.34. The van der Waals surface area contributed by atoms with Crippen LogP contribution in [0.15, 0.2) is 267 Å². The van der Waals surface area contributed by atoms with Crippen molar-refractivity contribution >= 4 is 117 Å². The third kappa shape index (κ3) is 10.9. The smallest absolute Gasteiger partial charge is 0.164 e. The fourth-order valence-electron chi connectivity index (χ4n) is 14.3. The van der Waals surface area contributed by atoms with Gasteiger partial charge in [0.05, 0.1) is 0 Å². The normalized spacial score (nSPS) is 11.5. The molecule has 2 radical (unpaired) electrons. The zero-order chi connectivity index (χ0) is 58.8. The molecule has 16 aromatic carbocycles. The van der Waals surface area contributed by atoms with E-state index in [1.807, 2.05) is 0 Å². The van der Waals surface area contributed by atoms with Gasteiger partial charge >= 0.3 is 26.2 Å². The van der Waals surface area contributed by atoms with Crippen LogP contribution in [0.25, 0.3) is 152 Å². The summed E-state index contributed by atoms with van der Waals surface area (Å²) in [4.78, 5) is 0. The number of benzene rings is 14. The maximum absolute atomic E-state index is 2.49. The van der Waals surface area contributed by atoms with Crippen LogP contribution in [0.5, 0.6) is 0 Å². The van der Waals surface area contributed by atoms with Gasteiger partial charge in [0, 0.05) is 9.52 Å². The van der Waals surface area contributed by atoms with Crippen molar-refractivity contribution in [1.29, 1.82) is 0 Å². The molecular weight excluding hydrogens is 1150 g/mol. The number of rotatable bonds is 12. The summed E-state index contributed by atoms with van der Waals surface area (Å²) in [5.41, 5.74) is 13.6. The second kappa shape index (κ2) is 26.1. The monoisotopic (exact) mass is 1220 g/mol. The van der Waals surface area contributed by atoms with E-state index in [9.17, 15) is 0 Å². The topological polar surface area (TPSA) is 0 Å². The minimum Gasteiger partial charge on any atom is -0.164 e. The summed E-state index contributed by atoms with van der Waals surface area (Å²) in [6.45, 7) is 8.88. The molecule has 424 valence electrons. The van der Waals surface area contributed by atoms with Crippen LogP contribution >= 0.6 is 0 Å². The zero-order valence-electron chi connectivity index (χ0n) is 51.1. The van der Waals surface area contributed by atoms with Gasteiger partial charge in [0.1, 0.15) is 0 Å². The van der Waals surface area contributed by atoms with Crippen molar-refractivity contribution < 1.29 is 26.2 Å². The molecule has 0 fully saturated rings. The van der Waals surface area contributed by atoms with Crippen LogP contribution < -0.4 is 0 Å².